The van der Waals surface area contributed by atoms with Crippen molar-refractivity contribution in [2.75, 3.05) is 26.7 Å². The van der Waals surface area contributed by atoms with Gasteiger partial charge in [0, 0.05) is 52.7 Å². The molecule has 5 aromatic rings. The molecule has 1 saturated heterocycles. The lowest BCUT2D eigenvalue weighted by Gasteiger charge is -2.31. The third-order valence-electron chi connectivity index (χ3n) is 8.47. The third-order valence-corrected chi connectivity index (χ3v) is 8.47. The Morgan fingerprint density at radius 1 is 0.953 bits per heavy atom. The number of aromatic amines is 2. The fraction of sp³-hybridized carbons (Fsp3) is 0.294. The van der Waals surface area contributed by atoms with Gasteiger partial charge in [-0.3, -0.25) is 14.5 Å². The second-order valence-corrected chi connectivity index (χ2v) is 11.2. The number of H-pyrrole nitrogens is 2. The van der Waals surface area contributed by atoms with Crippen LogP contribution in [0.4, 0.5) is 4.39 Å². The van der Waals surface area contributed by atoms with Crippen molar-refractivity contribution in [3.63, 3.8) is 0 Å². The van der Waals surface area contributed by atoms with Crippen LogP contribution in [0.1, 0.15) is 35.4 Å². The topological polar surface area (TPSA) is 102 Å². The molecule has 0 unspecified atom stereocenters. The molecule has 0 bridgehead atoms. The van der Waals surface area contributed by atoms with Crippen LogP contribution in [-0.2, 0) is 22.6 Å². The molecule has 1 aliphatic heterocycles. The molecule has 43 heavy (non-hydrogen) atoms. The van der Waals surface area contributed by atoms with E-state index in [4.69, 9.17) is 4.74 Å². The molecule has 0 saturated carbocycles. The summed E-state index contributed by atoms with van der Waals surface area (Å²) in [5, 5.41) is 7.97. The van der Waals surface area contributed by atoms with Crippen molar-refractivity contribution in [1.29, 1.82) is 0 Å². The third kappa shape index (κ3) is 6.41. The highest BCUT2D eigenvalue weighted by atomic mass is 19.1. The zero-order valence-corrected chi connectivity index (χ0v) is 24.2. The van der Waals surface area contributed by atoms with E-state index < -0.39 is 6.04 Å². The van der Waals surface area contributed by atoms with Crippen molar-refractivity contribution in [3.8, 4) is 5.75 Å². The molecule has 6 rings (SSSR count). The van der Waals surface area contributed by atoms with Gasteiger partial charge in [0.25, 0.3) is 0 Å². The molecule has 222 valence electrons. The molecule has 1 aliphatic rings. The molecule has 2 aromatic heterocycles. The van der Waals surface area contributed by atoms with E-state index >= 15 is 0 Å². The zero-order chi connectivity index (χ0) is 29.8. The number of para-hydroxylation sites is 2. The van der Waals surface area contributed by atoms with E-state index in [0.29, 0.717) is 18.1 Å². The average molecular weight is 582 g/mol. The molecule has 0 radical (unpaired) electrons. The van der Waals surface area contributed by atoms with E-state index in [-0.39, 0.29) is 30.7 Å². The zero-order valence-electron chi connectivity index (χ0n) is 24.2. The van der Waals surface area contributed by atoms with Gasteiger partial charge in [-0.25, -0.2) is 4.39 Å². The maximum absolute atomic E-state index is 13.9. The van der Waals surface area contributed by atoms with Gasteiger partial charge in [0.05, 0.1) is 13.7 Å². The number of methoxy groups -OCH3 is 1. The fourth-order valence-corrected chi connectivity index (χ4v) is 6.18. The van der Waals surface area contributed by atoms with Gasteiger partial charge < -0.3 is 25.3 Å². The highest BCUT2D eigenvalue weighted by Gasteiger charge is 2.27. The van der Waals surface area contributed by atoms with E-state index in [9.17, 15) is 14.0 Å². The number of likely N-dealkylation sites (tertiary alicyclic amines) is 1. The van der Waals surface area contributed by atoms with Gasteiger partial charge in [-0.15, -0.1) is 0 Å². The number of hydrogen-bond donors (Lipinski definition) is 4. The number of nitrogens with zero attached hydrogens (tertiary/aromatic N) is 1. The van der Waals surface area contributed by atoms with Crippen molar-refractivity contribution >= 4 is 33.6 Å². The summed E-state index contributed by atoms with van der Waals surface area (Å²) in [6.07, 6.45) is 5.98. The molecule has 8 nitrogen and oxygen atoms in total. The number of benzene rings is 3. The van der Waals surface area contributed by atoms with Crippen molar-refractivity contribution in [3.05, 3.63) is 102 Å². The lowest BCUT2D eigenvalue weighted by molar-refractivity contribution is -0.129. The molecular formula is C34H36FN5O3. The van der Waals surface area contributed by atoms with Crippen LogP contribution in [0, 0.1) is 5.82 Å². The van der Waals surface area contributed by atoms with Crippen LogP contribution in [0.3, 0.4) is 0 Å². The number of carbonyl (C=O) groups excluding carboxylic acids is 2. The van der Waals surface area contributed by atoms with Gasteiger partial charge in [-0.2, -0.15) is 0 Å². The second-order valence-electron chi connectivity index (χ2n) is 11.2. The normalized spacial score (nSPS) is 15.0. The molecule has 0 spiro atoms. The van der Waals surface area contributed by atoms with E-state index in [2.05, 4.69) is 25.5 Å². The SMILES string of the molecule is COc1ccccc1CNC(=O)[C@@H](Cc1c[nH]c2ccccc12)NC(=O)CN1CCC(c2c[nH]c3ccc(F)cc23)CC1. The Morgan fingerprint density at radius 3 is 2.53 bits per heavy atom. The molecule has 2 amide bonds. The molecule has 1 atom stereocenters. The minimum Gasteiger partial charge on any atom is -0.496 e. The van der Waals surface area contributed by atoms with Crippen molar-refractivity contribution in [2.45, 2.75) is 37.8 Å². The van der Waals surface area contributed by atoms with Crippen LogP contribution < -0.4 is 15.4 Å². The fourth-order valence-electron chi connectivity index (χ4n) is 6.18. The summed E-state index contributed by atoms with van der Waals surface area (Å²) in [6.45, 7) is 1.98. The number of piperidine rings is 1. The van der Waals surface area contributed by atoms with Gasteiger partial charge in [-0.1, -0.05) is 36.4 Å². The Kier molecular flexibility index (Phi) is 8.42. The summed E-state index contributed by atoms with van der Waals surface area (Å²) in [5.41, 5.74) is 4.87. The molecule has 3 aromatic carbocycles. The summed E-state index contributed by atoms with van der Waals surface area (Å²) in [7, 11) is 1.60. The minimum absolute atomic E-state index is 0.190. The smallest absolute Gasteiger partial charge is 0.243 e. The number of fused-ring (bicyclic) bond motifs is 2. The number of hydrogen-bond acceptors (Lipinski definition) is 4. The molecule has 0 aliphatic carbocycles. The van der Waals surface area contributed by atoms with Crippen LogP contribution >= 0.6 is 0 Å². The van der Waals surface area contributed by atoms with Gasteiger partial charge in [0.1, 0.15) is 17.6 Å². The monoisotopic (exact) mass is 581 g/mol. The Balaban J connectivity index is 1.10. The minimum atomic E-state index is -0.750. The first kappa shape index (κ1) is 28.5. The number of amides is 2. The number of ether oxygens (including phenoxy) is 1. The van der Waals surface area contributed by atoms with Gasteiger partial charge in [0.15, 0.2) is 0 Å². The standard InChI is InChI=1S/C34H36FN5O3/c1-43-32-9-5-2-6-23(32)18-38-34(42)31(16-24-19-36-29-8-4-3-7-26(24)29)39-33(41)21-40-14-12-22(13-15-40)28-20-37-30-11-10-25(35)17-27(28)30/h2-11,17,19-20,22,31,36-37H,12-16,18,21H2,1H3,(H,38,42)(H,39,41)/t31-/m1/s1. The first-order valence-corrected chi connectivity index (χ1v) is 14.7. The highest BCUT2D eigenvalue weighted by molar-refractivity contribution is 5.90. The van der Waals surface area contributed by atoms with Crippen molar-refractivity contribution < 1.29 is 18.7 Å². The molecule has 4 N–H and O–H groups in total. The predicted octanol–water partition coefficient (Wildman–Crippen LogP) is 5.02. The summed E-state index contributed by atoms with van der Waals surface area (Å²) >= 11 is 0. The maximum atomic E-state index is 13.9. The summed E-state index contributed by atoms with van der Waals surface area (Å²) < 4.78 is 19.3. The lowest BCUT2D eigenvalue weighted by Crippen LogP contribution is -2.51. The first-order valence-electron chi connectivity index (χ1n) is 14.7. The lowest BCUT2D eigenvalue weighted by atomic mass is 9.89. The van der Waals surface area contributed by atoms with E-state index in [1.54, 1.807) is 19.2 Å². The maximum Gasteiger partial charge on any atom is 0.243 e. The molecular weight excluding hydrogens is 545 g/mol. The Bertz CT molecular complexity index is 1740. The number of rotatable bonds is 10. The number of carbonyl (C=O) groups is 2. The van der Waals surface area contributed by atoms with Gasteiger partial charge in [-0.05, 0) is 73.3 Å². The first-order chi connectivity index (χ1) is 21.0. The Hall–Kier alpha value is -4.63. The highest BCUT2D eigenvalue weighted by Crippen LogP contribution is 2.33. The molecule has 1 fully saturated rings. The van der Waals surface area contributed by atoms with Crippen LogP contribution in [0.5, 0.6) is 5.75 Å². The molecule has 9 heteroatoms. The van der Waals surface area contributed by atoms with Crippen molar-refractivity contribution in [1.82, 2.24) is 25.5 Å². The average Bonchev–Trinajstić information content (AvgIpc) is 3.64. The van der Waals surface area contributed by atoms with Gasteiger partial charge >= 0.3 is 0 Å². The van der Waals surface area contributed by atoms with Crippen LogP contribution in [0.15, 0.2) is 79.1 Å². The Labute approximate surface area is 249 Å². The van der Waals surface area contributed by atoms with Crippen LogP contribution in [-0.4, -0.2) is 59.5 Å². The summed E-state index contributed by atoms with van der Waals surface area (Å²) in [6, 6.07) is 19.5. The van der Waals surface area contributed by atoms with Crippen LogP contribution in [0.25, 0.3) is 21.8 Å². The largest absolute Gasteiger partial charge is 0.496 e. The number of aromatic nitrogens is 2. The van der Waals surface area contributed by atoms with Crippen LogP contribution in [0.2, 0.25) is 0 Å². The van der Waals surface area contributed by atoms with Crippen molar-refractivity contribution in [2.24, 2.45) is 0 Å². The number of halogens is 1. The number of nitrogens with one attached hydrogen (secondary N) is 4. The summed E-state index contributed by atoms with van der Waals surface area (Å²) in [5.74, 6) is 0.308. The van der Waals surface area contributed by atoms with E-state index in [1.807, 2.05) is 60.9 Å². The second kappa shape index (κ2) is 12.7. The molecule has 3 heterocycles. The predicted molar refractivity (Wildman–Crippen MR) is 165 cm³/mol. The van der Waals surface area contributed by atoms with E-state index in [1.165, 1.54) is 6.07 Å². The quantitative estimate of drug-likeness (QED) is 0.186. The Morgan fingerprint density at radius 2 is 1.70 bits per heavy atom. The van der Waals surface area contributed by atoms with Gasteiger partial charge in [0.2, 0.25) is 11.8 Å². The van der Waals surface area contributed by atoms with E-state index in [0.717, 1.165) is 64.4 Å². The summed E-state index contributed by atoms with van der Waals surface area (Å²) in [4.78, 5) is 35.4.